The van der Waals surface area contributed by atoms with Crippen LogP contribution in [-0.2, 0) is 16.3 Å². The van der Waals surface area contributed by atoms with Gasteiger partial charge in [0.25, 0.3) is 0 Å². The molecule has 0 unspecified atom stereocenters. The second-order valence-corrected chi connectivity index (χ2v) is 14.0. The summed E-state index contributed by atoms with van der Waals surface area (Å²) in [6, 6.07) is 9.94. The third-order valence-corrected chi connectivity index (χ3v) is 6.16. The van der Waals surface area contributed by atoms with Gasteiger partial charge in [0.2, 0.25) is 17.1 Å². The number of ether oxygens (including phenoxy) is 2. The first kappa shape index (κ1) is 22.0. The van der Waals surface area contributed by atoms with Crippen molar-refractivity contribution in [2.75, 3.05) is 11.9 Å². The normalized spacial score (nSPS) is 11.5. The molecule has 1 aromatic carbocycles. The minimum absolute atomic E-state index is 0.0793. The van der Waals surface area contributed by atoms with Crippen LogP contribution < -0.4 is 10.1 Å². The third kappa shape index (κ3) is 5.91. The molecule has 158 valence electrons. The van der Waals surface area contributed by atoms with Crippen molar-refractivity contribution < 1.29 is 14.3 Å². The SMILES string of the molecule is C=CC(=O)Nc1cccc(Oc2nc(Cl)nc3c2ccn3COCC[Si](C)(C)C)c1. The fourth-order valence-corrected chi connectivity index (χ4v) is 3.59. The summed E-state index contributed by atoms with van der Waals surface area (Å²) in [4.78, 5) is 20.1. The van der Waals surface area contributed by atoms with Crippen molar-refractivity contribution in [3.05, 3.63) is 54.5 Å². The molecule has 30 heavy (non-hydrogen) atoms. The highest BCUT2D eigenvalue weighted by atomic mass is 35.5. The van der Waals surface area contributed by atoms with E-state index in [4.69, 9.17) is 21.1 Å². The molecule has 0 saturated heterocycles. The van der Waals surface area contributed by atoms with Crippen LogP contribution in [0.2, 0.25) is 31.0 Å². The van der Waals surface area contributed by atoms with Crippen LogP contribution in [0.3, 0.4) is 0 Å². The van der Waals surface area contributed by atoms with E-state index in [2.05, 4.69) is 41.5 Å². The number of hydrogen-bond acceptors (Lipinski definition) is 5. The van der Waals surface area contributed by atoms with E-state index in [1.807, 2.05) is 16.8 Å². The molecule has 3 rings (SSSR count). The number of halogens is 1. The molecule has 9 heteroatoms. The summed E-state index contributed by atoms with van der Waals surface area (Å²) < 4.78 is 13.7. The Labute approximate surface area is 181 Å². The number of nitrogens with one attached hydrogen (secondary N) is 1. The van der Waals surface area contributed by atoms with Crippen molar-refractivity contribution in [3.8, 4) is 11.6 Å². The maximum absolute atomic E-state index is 11.5. The Kier molecular flexibility index (Phi) is 6.91. The number of anilines is 1. The molecule has 0 saturated carbocycles. The highest BCUT2D eigenvalue weighted by molar-refractivity contribution is 6.76. The molecule has 2 aromatic heterocycles. The first-order valence-electron chi connectivity index (χ1n) is 9.57. The predicted molar refractivity (Wildman–Crippen MR) is 122 cm³/mol. The lowest BCUT2D eigenvalue weighted by Gasteiger charge is -2.15. The van der Waals surface area contributed by atoms with Gasteiger partial charge in [-0.2, -0.15) is 9.97 Å². The zero-order chi connectivity index (χ0) is 21.7. The Bertz CT molecular complexity index is 1060. The van der Waals surface area contributed by atoms with Gasteiger partial charge in [0.05, 0.1) is 5.39 Å². The molecule has 1 amide bonds. The number of hydrogen-bond donors (Lipinski definition) is 1. The standard InChI is InChI=1S/C21H25ClN4O3Si/c1-5-18(27)23-15-7-6-8-16(13-15)29-20-17-9-10-26(19(17)24-21(22)25-20)14-28-11-12-30(2,3)4/h5-10,13H,1,11-12,14H2,2-4H3,(H,23,27). The van der Waals surface area contributed by atoms with Crippen LogP contribution in [0.25, 0.3) is 11.0 Å². The number of fused-ring (bicyclic) bond motifs is 1. The summed E-state index contributed by atoms with van der Waals surface area (Å²) >= 11 is 6.14. The summed E-state index contributed by atoms with van der Waals surface area (Å²) in [6.45, 7) is 11.5. The van der Waals surface area contributed by atoms with Crippen LogP contribution in [0.15, 0.2) is 49.2 Å². The molecule has 0 spiro atoms. The Morgan fingerprint density at radius 3 is 2.83 bits per heavy atom. The van der Waals surface area contributed by atoms with Crippen LogP contribution in [-0.4, -0.2) is 35.1 Å². The van der Waals surface area contributed by atoms with Gasteiger partial charge in [0, 0.05) is 32.6 Å². The minimum atomic E-state index is -1.14. The van der Waals surface area contributed by atoms with Gasteiger partial charge < -0.3 is 19.4 Å². The maximum atomic E-state index is 11.5. The highest BCUT2D eigenvalue weighted by Crippen LogP contribution is 2.30. The molecule has 0 atom stereocenters. The van der Waals surface area contributed by atoms with Crippen LogP contribution >= 0.6 is 11.6 Å². The summed E-state index contributed by atoms with van der Waals surface area (Å²) in [5, 5.41) is 3.49. The van der Waals surface area contributed by atoms with E-state index in [0.717, 1.165) is 6.04 Å². The van der Waals surface area contributed by atoms with Gasteiger partial charge in [-0.25, -0.2) is 0 Å². The molecular weight excluding hydrogens is 420 g/mol. The molecule has 0 aliphatic heterocycles. The predicted octanol–water partition coefficient (Wildman–Crippen LogP) is 5.31. The molecule has 3 aromatic rings. The summed E-state index contributed by atoms with van der Waals surface area (Å²) in [6.07, 6.45) is 3.08. The zero-order valence-corrected chi connectivity index (χ0v) is 19.1. The molecule has 1 N–H and O–H groups in total. The smallest absolute Gasteiger partial charge is 0.247 e. The second-order valence-electron chi connectivity index (χ2n) is 7.99. The van der Waals surface area contributed by atoms with E-state index in [9.17, 15) is 4.79 Å². The van der Waals surface area contributed by atoms with Gasteiger partial charge >= 0.3 is 0 Å². The molecule has 0 fully saturated rings. The first-order valence-corrected chi connectivity index (χ1v) is 13.7. The average Bonchev–Trinajstić information content (AvgIpc) is 3.07. The number of nitrogens with zero attached hydrogens (tertiary/aromatic N) is 3. The van der Waals surface area contributed by atoms with Crippen molar-refractivity contribution in [2.45, 2.75) is 32.4 Å². The van der Waals surface area contributed by atoms with Crippen molar-refractivity contribution in [1.82, 2.24) is 14.5 Å². The van der Waals surface area contributed by atoms with Gasteiger partial charge in [-0.1, -0.05) is 32.3 Å². The fraction of sp³-hybridized carbons (Fsp3) is 0.286. The van der Waals surface area contributed by atoms with Crippen molar-refractivity contribution in [2.24, 2.45) is 0 Å². The Hall–Kier alpha value is -2.68. The molecule has 0 radical (unpaired) electrons. The Balaban J connectivity index is 1.78. The second kappa shape index (κ2) is 9.42. The summed E-state index contributed by atoms with van der Waals surface area (Å²) in [5.41, 5.74) is 1.22. The lowest BCUT2D eigenvalue weighted by atomic mass is 10.3. The topological polar surface area (TPSA) is 78.3 Å². The van der Waals surface area contributed by atoms with E-state index in [-0.39, 0.29) is 11.2 Å². The number of rotatable bonds is 9. The summed E-state index contributed by atoms with van der Waals surface area (Å²) in [5.74, 6) is 0.538. The Morgan fingerprint density at radius 1 is 1.30 bits per heavy atom. The van der Waals surface area contributed by atoms with Crippen LogP contribution in [0.4, 0.5) is 5.69 Å². The first-order chi connectivity index (χ1) is 14.2. The average molecular weight is 445 g/mol. The van der Waals surface area contributed by atoms with Crippen molar-refractivity contribution >= 4 is 42.3 Å². The van der Waals surface area contributed by atoms with E-state index < -0.39 is 8.07 Å². The third-order valence-electron chi connectivity index (χ3n) is 4.28. The molecular formula is C21H25ClN4O3Si. The monoisotopic (exact) mass is 444 g/mol. The quantitative estimate of drug-likeness (QED) is 0.209. The van der Waals surface area contributed by atoms with Gasteiger partial charge in [0.1, 0.15) is 12.5 Å². The minimum Gasteiger partial charge on any atom is -0.438 e. The largest absolute Gasteiger partial charge is 0.438 e. The van der Waals surface area contributed by atoms with E-state index >= 15 is 0 Å². The van der Waals surface area contributed by atoms with Gasteiger partial charge in [-0.05, 0) is 41.9 Å². The van der Waals surface area contributed by atoms with Crippen LogP contribution in [0.1, 0.15) is 0 Å². The molecule has 0 aliphatic carbocycles. The lowest BCUT2D eigenvalue weighted by molar-refractivity contribution is -0.111. The van der Waals surface area contributed by atoms with E-state index in [1.54, 1.807) is 24.3 Å². The van der Waals surface area contributed by atoms with E-state index in [0.29, 0.717) is 41.7 Å². The number of aromatic nitrogens is 3. The fourth-order valence-electron chi connectivity index (χ4n) is 2.68. The van der Waals surface area contributed by atoms with Gasteiger partial charge in [-0.15, -0.1) is 0 Å². The van der Waals surface area contributed by atoms with Crippen molar-refractivity contribution in [3.63, 3.8) is 0 Å². The number of carbonyl (C=O) groups is 1. The van der Waals surface area contributed by atoms with Crippen molar-refractivity contribution in [1.29, 1.82) is 0 Å². The molecule has 7 nitrogen and oxygen atoms in total. The van der Waals surface area contributed by atoms with Crippen LogP contribution in [0, 0.1) is 0 Å². The lowest BCUT2D eigenvalue weighted by Crippen LogP contribution is -2.22. The zero-order valence-electron chi connectivity index (χ0n) is 17.3. The summed E-state index contributed by atoms with van der Waals surface area (Å²) in [7, 11) is -1.14. The van der Waals surface area contributed by atoms with Crippen LogP contribution in [0.5, 0.6) is 11.6 Å². The number of carbonyl (C=O) groups excluding carboxylic acids is 1. The highest BCUT2D eigenvalue weighted by Gasteiger charge is 2.15. The Morgan fingerprint density at radius 2 is 2.10 bits per heavy atom. The number of benzene rings is 1. The van der Waals surface area contributed by atoms with Gasteiger partial charge in [0.15, 0.2) is 5.65 Å². The maximum Gasteiger partial charge on any atom is 0.247 e. The molecule has 2 heterocycles. The molecule has 0 bridgehead atoms. The molecule has 0 aliphatic rings. The van der Waals surface area contributed by atoms with E-state index in [1.165, 1.54) is 6.08 Å². The number of amides is 1. The van der Waals surface area contributed by atoms with Gasteiger partial charge in [-0.3, -0.25) is 4.79 Å².